The predicted molar refractivity (Wildman–Crippen MR) is 98.2 cm³/mol. The summed E-state index contributed by atoms with van der Waals surface area (Å²) in [4.78, 5) is 24.6. The van der Waals surface area contributed by atoms with Crippen LogP contribution >= 0.6 is 11.6 Å². The van der Waals surface area contributed by atoms with Gasteiger partial charge in [0.25, 0.3) is 11.8 Å². The maximum atomic E-state index is 12.5. The minimum atomic E-state index is -0.411. The van der Waals surface area contributed by atoms with E-state index in [2.05, 4.69) is 10.6 Å². The van der Waals surface area contributed by atoms with Gasteiger partial charge in [-0.1, -0.05) is 23.7 Å². The zero-order valence-corrected chi connectivity index (χ0v) is 14.6. The first-order valence-electron chi connectivity index (χ1n) is 8.13. The number of carbonyl (C=O) groups excluding carboxylic acids is 2. The quantitative estimate of drug-likeness (QED) is 0.867. The number of ether oxygens (including phenoxy) is 1. The standard InChI is InChI=1S/C19H19ClN2O3/c1-12-7-8-14(20)11-16(12)22-18(23)13-4-2-5-15(10-13)21-19(24)17-6-3-9-25-17/h2,4-5,7-8,10-11,17H,3,6,9H2,1H3,(H,21,24)(H,22,23). The zero-order chi connectivity index (χ0) is 17.8. The average Bonchev–Trinajstić information content (AvgIpc) is 3.13. The van der Waals surface area contributed by atoms with Crippen LogP contribution in [-0.2, 0) is 9.53 Å². The van der Waals surface area contributed by atoms with Crippen LogP contribution in [0, 0.1) is 6.92 Å². The molecule has 0 aliphatic carbocycles. The van der Waals surface area contributed by atoms with Gasteiger partial charge in [0, 0.05) is 28.6 Å². The first-order chi connectivity index (χ1) is 12.0. The number of hydrogen-bond acceptors (Lipinski definition) is 3. The van der Waals surface area contributed by atoms with E-state index in [0.717, 1.165) is 18.4 Å². The molecule has 1 aliphatic heterocycles. The summed E-state index contributed by atoms with van der Waals surface area (Å²) in [7, 11) is 0. The first-order valence-corrected chi connectivity index (χ1v) is 8.51. The second kappa shape index (κ2) is 7.68. The molecule has 2 aromatic carbocycles. The molecule has 130 valence electrons. The number of rotatable bonds is 4. The second-order valence-corrected chi connectivity index (χ2v) is 6.42. The third-order valence-corrected chi connectivity index (χ3v) is 4.30. The van der Waals surface area contributed by atoms with Gasteiger partial charge in [0.05, 0.1) is 0 Å². The topological polar surface area (TPSA) is 67.4 Å². The largest absolute Gasteiger partial charge is 0.368 e. The summed E-state index contributed by atoms with van der Waals surface area (Å²) in [6.45, 7) is 2.50. The number of anilines is 2. The van der Waals surface area contributed by atoms with E-state index in [1.165, 1.54) is 0 Å². The van der Waals surface area contributed by atoms with Crippen LogP contribution in [0.1, 0.15) is 28.8 Å². The highest BCUT2D eigenvalue weighted by atomic mass is 35.5. The maximum absolute atomic E-state index is 12.5. The minimum absolute atomic E-state index is 0.180. The van der Waals surface area contributed by atoms with E-state index in [-0.39, 0.29) is 11.8 Å². The van der Waals surface area contributed by atoms with Gasteiger partial charge in [-0.15, -0.1) is 0 Å². The highest BCUT2D eigenvalue weighted by molar-refractivity contribution is 6.31. The summed E-state index contributed by atoms with van der Waals surface area (Å²) in [6, 6.07) is 12.1. The van der Waals surface area contributed by atoms with Crippen molar-refractivity contribution in [3.05, 3.63) is 58.6 Å². The fourth-order valence-corrected chi connectivity index (χ4v) is 2.84. The molecule has 3 rings (SSSR count). The van der Waals surface area contributed by atoms with Gasteiger partial charge in [-0.25, -0.2) is 0 Å². The molecule has 1 unspecified atom stereocenters. The van der Waals surface area contributed by atoms with Gasteiger partial charge in [0.15, 0.2) is 0 Å². The summed E-state index contributed by atoms with van der Waals surface area (Å²) in [5, 5.41) is 6.19. The molecule has 0 radical (unpaired) electrons. The molecule has 1 atom stereocenters. The molecular weight excluding hydrogens is 340 g/mol. The minimum Gasteiger partial charge on any atom is -0.368 e. The fourth-order valence-electron chi connectivity index (χ4n) is 2.67. The molecule has 0 aromatic heterocycles. The number of hydrogen-bond donors (Lipinski definition) is 2. The SMILES string of the molecule is Cc1ccc(Cl)cc1NC(=O)c1cccc(NC(=O)C2CCCO2)c1. The normalized spacial score (nSPS) is 16.5. The summed E-state index contributed by atoms with van der Waals surface area (Å²) in [5.74, 6) is -0.445. The second-order valence-electron chi connectivity index (χ2n) is 5.99. The summed E-state index contributed by atoms with van der Waals surface area (Å²) in [6.07, 6.45) is 1.20. The van der Waals surface area contributed by atoms with Crippen molar-refractivity contribution in [2.45, 2.75) is 25.9 Å². The predicted octanol–water partition coefficient (Wildman–Crippen LogP) is 4.02. The van der Waals surface area contributed by atoms with E-state index >= 15 is 0 Å². The number of aryl methyl sites for hydroxylation is 1. The molecule has 1 aliphatic rings. The van der Waals surface area contributed by atoms with Gasteiger partial charge in [0.1, 0.15) is 6.10 Å². The van der Waals surface area contributed by atoms with Gasteiger partial charge in [0.2, 0.25) is 0 Å². The monoisotopic (exact) mass is 358 g/mol. The lowest BCUT2D eigenvalue weighted by Gasteiger charge is -2.12. The zero-order valence-electron chi connectivity index (χ0n) is 13.8. The van der Waals surface area contributed by atoms with E-state index in [4.69, 9.17) is 16.3 Å². The molecule has 0 spiro atoms. The Kier molecular flexibility index (Phi) is 5.36. The van der Waals surface area contributed by atoms with Gasteiger partial charge in [-0.05, 0) is 55.7 Å². The Morgan fingerprint density at radius 3 is 2.76 bits per heavy atom. The van der Waals surface area contributed by atoms with Crippen molar-refractivity contribution >= 4 is 34.8 Å². The molecule has 2 aromatic rings. The molecule has 25 heavy (non-hydrogen) atoms. The highest BCUT2D eigenvalue weighted by Crippen LogP contribution is 2.22. The smallest absolute Gasteiger partial charge is 0.255 e. The molecule has 2 N–H and O–H groups in total. The molecule has 5 nitrogen and oxygen atoms in total. The van der Waals surface area contributed by atoms with Crippen molar-refractivity contribution in [3.8, 4) is 0 Å². The third-order valence-electron chi connectivity index (χ3n) is 4.06. The van der Waals surface area contributed by atoms with Crippen LogP contribution < -0.4 is 10.6 Å². The number of carbonyl (C=O) groups is 2. The molecule has 2 amide bonds. The summed E-state index contributed by atoms with van der Waals surface area (Å²) < 4.78 is 5.36. The van der Waals surface area contributed by atoms with Crippen LogP contribution in [0.3, 0.4) is 0 Å². The lowest BCUT2D eigenvalue weighted by Crippen LogP contribution is -2.27. The van der Waals surface area contributed by atoms with Crippen molar-refractivity contribution in [1.82, 2.24) is 0 Å². The number of amides is 2. The molecule has 1 saturated heterocycles. The van der Waals surface area contributed by atoms with Crippen molar-refractivity contribution in [2.24, 2.45) is 0 Å². The third kappa shape index (κ3) is 4.38. The van der Waals surface area contributed by atoms with Crippen LogP contribution in [-0.4, -0.2) is 24.5 Å². The van der Waals surface area contributed by atoms with Gasteiger partial charge < -0.3 is 15.4 Å². The lowest BCUT2D eigenvalue weighted by atomic mass is 10.1. The fraction of sp³-hybridized carbons (Fsp3) is 0.263. The average molecular weight is 359 g/mol. The molecule has 1 fully saturated rings. The van der Waals surface area contributed by atoms with Crippen LogP contribution in [0.15, 0.2) is 42.5 Å². The number of benzene rings is 2. The molecule has 1 heterocycles. The van der Waals surface area contributed by atoms with Gasteiger partial charge in [-0.2, -0.15) is 0 Å². The molecular formula is C19H19ClN2O3. The van der Waals surface area contributed by atoms with Crippen LogP contribution in [0.4, 0.5) is 11.4 Å². The van der Waals surface area contributed by atoms with E-state index in [9.17, 15) is 9.59 Å². The number of halogens is 1. The van der Waals surface area contributed by atoms with E-state index in [1.54, 1.807) is 36.4 Å². The van der Waals surface area contributed by atoms with Crippen molar-refractivity contribution in [1.29, 1.82) is 0 Å². The van der Waals surface area contributed by atoms with Gasteiger partial charge >= 0.3 is 0 Å². The Labute approximate surface area is 151 Å². The Morgan fingerprint density at radius 1 is 1.16 bits per heavy atom. The maximum Gasteiger partial charge on any atom is 0.255 e. The van der Waals surface area contributed by atoms with Crippen LogP contribution in [0.5, 0.6) is 0 Å². The Balaban J connectivity index is 1.71. The Hall–Kier alpha value is -2.37. The lowest BCUT2D eigenvalue weighted by molar-refractivity contribution is -0.124. The van der Waals surface area contributed by atoms with Crippen LogP contribution in [0.25, 0.3) is 0 Å². The van der Waals surface area contributed by atoms with Gasteiger partial charge in [-0.3, -0.25) is 9.59 Å². The van der Waals surface area contributed by atoms with Crippen molar-refractivity contribution in [3.63, 3.8) is 0 Å². The molecule has 0 saturated carbocycles. The first kappa shape index (κ1) is 17.5. The highest BCUT2D eigenvalue weighted by Gasteiger charge is 2.23. The molecule has 6 heteroatoms. The van der Waals surface area contributed by atoms with Crippen molar-refractivity contribution < 1.29 is 14.3 Å². The molecule has 0 bridgehead atoms. The summed E-state index contributed by atoms with van der Waals surface area (Å²) in [5.41, 5.74) is 2.59. The van der Waals surface area contributed by atoms with E-state index in [1.807, 2.05) is 13.0 Å². The Morgan fingerprint density at radius 2 is 2.00 bits per heavy atom. The summed E-state index contributed by atoms with van der Waals surface area (Å²) >= 11 is 5.98. The Bertz CT molecular complexity index is 801. The van der Waals surface area contributed by atoms with E-state index in [0.29, 0.717) is 28.6 Å². The van der Waals surface area contributed by atoms with E-state index < -0.39 is 6.10 Å². The number of nitrogens with one attached hydrogen (secondary N) is 2. The van der Waals surface area contributed by atoms with Crippen molar-refractivity contribution in [2.75, 3.05) is 17.2 Å². The van der Waals surface area contributed by atoms with Crippen LogP contribution in [0.2, 0.25) is 5.02 Å².